The summed E-state index contributed by atoms with van der Waals surface area (Å²) in [7, 11) is 0. The minimum absolute atomic E-state index is 0.0682. The van der Waals surface area contributed by atoms with Gasteiger partial charge in [0.1, 0.15) is 5.52 Å². The fourth-order valence-corrected chi connectivity index (χ4v) is 1.95. The van der Waals surface area contributed by atoms with Gasteiger partial charge in [-0.2, -0.15) is 0 Å². The summed E-state index contributed by atoms with van der Waals surface area (Å²) in [5.41, 5.74) is 2.79. The largest absolute Gasteiger partial charge is 0.350 e. The average Bonchev–Trinajstić information content (AvgIpc) is 2.58. The molecule has 0 amide bonds. The molecule has 0 atom stereocenters. The maximum Gasteiger partial charge on any atom is 0.272 e. The van der Waals surface area contributed by atoms with E-state index >= 15 is 0 Å². The van der Waals surface area contributed by atoms with Crippen LogP contribution in [0.5, 0.6) is 0 Å². The van der Waals surface area contributed by atoms with Crippen LogP contribution in [0.25, 0.3) is 21.8 Å². The number of aromatic amines is 2. The molecule has 2 aromatic heterocycles. The molecule has 3 nitrogen and oxygen atoms in total. The van der Waals surface area contributed by atoms with E-state index in [4.69, 9.17) is 0 Å². The van der Waals surface area contributed by atoms with E-state index in [0.29, 0.717) is 5.52 Å². The van der Waals surface area contributed by atoms with Gasteiger partial charge in [0.25, 0.3) is 5.56 Å². The van der Waals surface area contributed by atoms with E-state index in [2.05, 4.69) is 16.0 Å². The van der Waals surface area contributed by atoms with Gasteiger partial charge in [-0.1, -0.05) is 11.6 Å². The fraction of sp³-hybridized carbons (Fsp3) is 0.0833. The molecule has 3 aromatic rings. The highest BCUT2D eigenvalue weighted by molar-refractivity contribution is 6.06. The molecule has 2 N–H and O–H groups in total. The third-order valence-corrected chi connectivity index (χ3v) is 2.69. The standard InChI is InChI=1S/C12H10N2O/c1-7-2-3-10-9(6-7)8-4-5-13-12(15)11(8)14-10/h2-6,14H,1H3,(H,13,15). The van der Waals surface area contributed by atoms with Gasteiger partial charge in [-0.05, 0) is 25.1 Å². The van der Waals surface area contributed by atoms with Crippen molar-refractivity contribution in [3.8, 4) is 0 Å². The highest BCUT2D eigenvalue weighted by Crippen LogP contribution is 2.23. The molecule has 0 saturated heterocycles. The molecule has 3 rings (SSSR count). The summed E-state index contributed by atoms with van der Waals surface area (Å²) in [4.78, 5) is 17.3. The van der Waals surface area contributed by atoms with Gasteiger partial charge in [0.2, 0.25) is 0 Å². The van der Waals surface area contributed by atoms with Crippen molar-refractivity contribution in [2.45, 2.75) is 6.92 Å². The van der Waals surface area contributed by atoms with Crippen molar-refractivity contribution in [3.05, 3.63) is 46.4 Å². The maximum atomic E-state index is 11.5. The summed E-state index contributed by atoms with van der Waals surface area (Å²) >= 11 is 0. The number of hydrogen-bond acceptors (Lipinski definition) is 1. The molecule has 0 saturated carbocycles. The van der Waals surface area contributed by atoms with Gasteiger partial charge in [0.05, 0.1) is 0 Å². The third-order valence-electron chi connectivity index (χ3n) is 2.69. The van der Waals surface area contributed by atoms with Crippen LogP contribution in [-0.2, 0) is 0 Å². The minimum Gasteiger partial charge on any atom is -0.350 e. The predicted molar refractivity (Wildman–Crippen MR) is 61.2 cm³/mol. The van der Waals surface area contributed by atoms with E-state index in [1.807, 2.05) is 25.1 Å². The van der Waals surface area contributed by atoms with Crippen molar-refractivity contribution in [2.24, 2.45) is 0 Å². The van der Waals surface area contributed by atoms with Crippen molar-refractivity contribution >= 4 is 21.8 Å². The van der Waals surface area contributed by atoms with Gasteiger partial charge in [0, 0.05) is 22.5 Å². The van der Waals surface area contributed by atoms with Crippen LogP contribution < -0.4 is 5.56 Å². The zero-order valence-electron chi connectivity index (χ0n) is 8.29. The Balaban J connectivity index is 2.64. The molecule has 0 radical (unpaired) electrons. The molecule has 2 heterocycles. The monoisotopic (exact) mass is 198 g/mol. The van der Waals surface area contributed by atoms with Gasteiger partial charge in [0.15, 0.2) is 0 Å². The van der Waals surface area contributed by atoms with E-state index in [9.17, 15) is 4.79 Å². The molecule has 0 aliphatic heterocycles. The van der Waals surface area contributed by atoms with Crippen molar-refractivity contribution < 1.29 is 0 Å². The van der Waals surface area contributed by atoms with Crippen LogP contribution in [0.1, 0.15) is 5.56 Å². The minimum atomic E-state index is -0.0682. The number of aromatic nitrogens is 2. The number of hydrogen-bond donors (Lipinski definition) is 2. The Bertz CT molecular complexity index is 706. The van der Waals surface area contributed by atoms with Crippen LogP contribution in [0.3, 0.4) is 0 Å². The van der Waals surface area contributed by atoms with Gasteiger partial charge in [-0.15, -0.1) is 0 Å². The quantitative estimate of drug-likeness (QED) is 0.572. The molecular weight excluding hydrogens is 188 g/mol. The highest BCUT2D eigenvalue weighted by Gasteiger charge is 2.05. The second-order valence-corrected chi connectivity index (χ2v) is 3.77. The summed E-state index contributed by atoms with van der Waals surface area (Å²) in [6, 6.07) is 8.05. The van der Waals surface area contributed by atoms with Gasteiger partial charge < -0.3 is 9.97 Å². The smallest absolute Gasteiger partial charge is 0.272 e. The first kappa shape index (κ1) is 8.29. The molecule has 0 fully saturated rings. The average molecular weight is 198 g/mol. The Hall–Kier alpha value is -2.03. The van der Waals surface area contributed by atoms with Crippen molar-refractivity contribution in [3.63, 3.8) is 0 Å². The zero-order chi connectivity index (χ0) is 10.4. The lowest BCUT2D eigenvalue weighted by atomic mass is 10.1. The first-order valence-electron chi connectivity index (χ1n) is 4.85. The number of nitrogens with one attached hydrogen (secondary N) is 2. The van der Waals surface area contributed by atoms with Gasteiger partial charge >= 0.3 is 0 Å². The predicted octanol–water partition coefficient (Wildman–Crippen LogP) is 2.32. The van der Waals surface area contributed by atoms with Crippen LogP contribution in [0, 0.1) is 6.92 Å². The molecule has 0 aliphatic rings. The van der Waals surface area contributed by atoms with E-state index in [0.717, 1.165) is 16.3 Å². The summed E-state index contributed by atoms with van der Waals surface area (Å²) in [5.74, 6) is 0. The van der Waals surface area contributed by atoms with E-state index in [1.54, 1.807) is 6.20 Å². The molecule has 3 heteroatoms. The van der Waals surface area contributed by atoms with Crippen molar-refractivity contribution in [2.75, 3.05) is 0 Å². The zero-order valence-corrected chi connectivity index (χ0v) is 8.29. The maximum absolute atomic E-state index is 11.5. The molecule has 0 spiro atoms. The Morgan fingerprint density at radius 1 is 1.13 bits per heavy atom. The van der Waals surface area contributed by atoms with E-state index in [-0.39, 0.29) is 5.56 Å². The molecule has 74 valence electrons. The summed E-state index contributed by atoms with van der Waals surface area (Å²) < 4.78 is 0. The number of fused-ring (bicyclic) bond motifs is 3. The molecule has 1 aromatic carbocycles. The summed E-state index contributed by atoms with van der Waals surface area (Å²) in [6.07, 6.45) is 1.68. The third kappa shape index (κ3) is 1.09. The topological polar surface area (TPSA) is 48.6 Å². The number of benzene rings is 1. The molecule has 15 heavy (non-hydrogen) atoms. The van der Waals surface area contributed by atoms with E-state index < -0.39 is 0 Å². The first-order valence-corrected chi connectivity index (χ1v) is 4.85. The van der Waals surface area contributed by atoms with Crippen LogP contribution in [0.4, 0.5) is 0 Å². The van der Waals surface area contributed by atoms with Gasteiger partial charge in [-0.3, -0.25) is 4.79 Å². The highest BCUT2D eigenvalue weighted by atomic mass is 16.1. The first-order chi connectivity index (χ1) is 7.25. The van der Waals surface area contributed by atoms with Crippen LogP contribution in [0.2, 0.25) is 0 Å². The van der Waals surface area contributed by atoms with Crippen LogP contribution >= 0.6 is 0 Å². The Morgan fingerprint density at radius 2 is 2.00 bits per heavy atom. The lowest BCUT2D eigenvalue weighted by Gasteiger charge is -1.92. The van der Waals surface area contributed by atoms with Crippen LogP contribution in [0.15, 0.2) is 35.3 Å². The number of aryl methyl sites for hydroxylation is 1. The Labute approximate surface area is 85.8 Å². The second kappa shape index (κ2) is 2.73. The molecule has 0 unspecified atom stereocenters. The normalized spacial score (nSPS) is 11.3. The molecular formula is C12H10N2O. The fourth-order valence-electron chi connectivity index (χ4n) is 1.95. The Kier molecular flexibility index (Phi) is 1.51. The second-order valence-electron chi connectivity index (χ2n) is 3.77. The SMILES string of the molecule is Cc1ccc2[nH]c3c(=O)[nH]ccc3c2c1. The van der Waals surface area contributed by atoms with Crippen molar-refractivity contribution in [1.82, 2.24) is 9.97 Å². The molecule has 0 bridgehead atoms. The number of H-pyrrole nitrogens is 2. The lowest BCUT2D eigenvalue weighted by molar-refractivity contribution is 1.26. The van der Waals surface area contributed by atoms with Crippen molar-refractivity contribution in [1.29, 1.82) is 0 Å². The number of pyridine rings is 1. The summed E-state index contributed by atoms with van der Waals surface area (Å²) in [6.45, 7) is 2.05. The van der Waals surface area contributed by atoms with Gasteiger partial charge in [-0.25, -0.2) is 0 Å². The number of rotatable bonds is 0. The lowest BCUT2D eigenvalue weighted by Crippen LogP contribution is -2.03. The molecule has 0 aliphatic carbocycles. The van der Waals surface area contributed by atoms with E-state index in [1.165, 1.54) is 5.56 Å². The van der Waals surface area contributed by atoms with Crippen LogP contribution in [-0.4, -0.2) is 9.97 Å². The summed E-state index contributed by atoms with van der Waals surface area (Å²) in [5, 5.41) is 2.09. The Morgan fingerprint density at radius 3 is 2.87 bits per heavy atom.